The lowest BCUT2D eigenvalue weighted by Crippen LogP contribution is -2.54. The van der Waals surface area contributed by atoms with Gasteiger partial charge in [-0.05, 0) is 37.6 Å². The molecule has 0 heterocycles. The summed E-state index contributed by atoms with van der Waals surface area (Å²) < 4.78 is 12.1. The molecule has 4 atom stereocenters. The van der Waals surface area contributed by atoms with E-state index in [0.717, 1.165) is 0 Å². The number of halogens is 4. The van der Waals surface area contributed by atoms with Gasteiger partial charge in [0.1, 0.15) is 0 Å². The van der Waals surface area contributed by atoms with Crippen molar-refractivity contribution in [1.82, 2.24) is 0 Å². The average Bonchev–Trinajstić information content (AvgIpc) is 3.23. The molecule has 2 aliphatic carbocycles. The first-order valence-electron chi connectivity index (χ1n) is 11.0. The van der Waals surface area contributed by atoms with Crippen molar-refractivity contribution in [1.29, 1.82) is 0 Å². The first-order valence-corrected chi connectivity index (χ1v) is 12.5. The third kappa shape index (κ3) is 4.12. The predicted molar refractivity (Wildman–Crippen MR) is 136 cm³/mol. The molecule has 4 nitrogen and oxygen atoms in total. The van der Waals surface area contributed by atoms with Gasteiger partial charge in [-0.2, -0.15) is 0 Å². The first kappa shape index (κ1) is 26.0. The van der Waals surface area contributed by atoms with Crippen LogP contribution in [0.2, 0.25) is 20.1 Å². The number of Topliss-reactive ketones (excluding diaryl/α,β-unsaturated/α-hetero) is 1. The van der Waals surface area contributed by atoms with Gasteiger partial charge in [-0.15, -0.1) is 0 Å². The van der Waals surface area contributed by atoms with Crippen LogP contribution in [0.25, 0.3) is 0 Å². The molecule has 0 saturated heterocycles. The molecule has 2 aromatic rings. The molecule has 1 fully saturated rings. The lowest BCUT2D eigenvalue weighted by molar-refractivity contribution is -0.160. The molecule has 1 saturated carbocycles. The molecule has 0 amide bonds. The van der Waals surface area contributed by atoms with Crippen LogP contribution in [-0.4, -0.2) is 29.7 Å². The molecule has 0 bridgehead atoms. The monoisotopic (exact) mass is 542 g/mol. The molecule has 182 valence electrons. The van der Waals surface area contributed by atoms with Crippen LogP contribution in [-0.2, 0) is 27.5 Å². The van der Waals surface area contributed by atoms with Crippen LogP contribution >= 0.6 is 46.4 Å². The van der Waals surface area contributed by atoms with Crippen LogP contribution in [0.3, 0.4) is 0 Å². The van der Waals surface area contributed by atoms with Gasteiger partial charge in [0.05, 0.1) is 43.4 Å². The smallest absolute Gasteiger partial charge is 0.151 e. The number of rotatable bonds is 8. The highest BCUT2D eigenvalue weighted by molar-refractivity contribution is 6.36. The van der Waals surface area contributed by atoms with E-state index in [-0.39, 0.29) is 32.2 Å². The summed E-state index contributed by atoms with van der Waals surface area (Å²) >= 11 is 25.1. The van der Waals surface area contributed by atoms with E-state index >= 15 is 0 Å². The van der Waals surface area contributed by atoms with Crippen molar-refractivity contribution in [3.8, 4) is 0 Å². The summed E-state index contributed by atoms with van der Waals surface area (Å²) in [5, 5.41) is 13.8. The van der Waals surface area contributed by atoms with E-state index in [1.54, 1.807) is 42.5 Å². The number of carbonyl (C=O) groups is 1. The van der Waals surface area contributed by atoms with Crippen LogP contribution < -0.4 is 0 Å². The Kier molecular flexibility index (Phi) is 7.44. The van der Waals surface area contributed by atoms with Crippen molar-refractivity contribution in [2.75, 3.05) is 13.2 Å². The van der Waals surface area contributed by atoms with Gasteiger partial charge in [0.15, 0.2) is 5.78 Å². The summed E-state index contributed by atoms with van der Waals surface area (Å²) in [6.45, 7) is 4.21. The quantitative estimate of drug-likeness (QED) is 0.366. The van der Waals surface area contributed by atoms with Crippen LogP contribution in [0, 0.1) is 16.7 Å². The van der Waals surface area contributed by atoms with Crippen molar-refractivity contribution >= 4 is 52.2 Å². The average molecular weight is 544 g/mol. The molecule has 4 rings (SSSR count). The summed E-state index contributed by atoms with van der Waals surface area (Å²) in [6, 6.07) is 10.5. The Bertz CT molecular complexity index is 1100. The topological polar surface area (TPSA) is 55.8 Å². The van der Waals surface area contributed by atoms with Gasteiger partial charge in [0.25, 0.3) is 0 Å². The standard InChI is InChI=1S/C26H26Cl4O4/c1-24(14-33-12-16-19(27)7-3-8-20(16)28)23(31)18-6-5-11-26(18,32)25(24,2)15-34-13-17-21(29)9-4-10-22(17)30/h3-10,18,32H,11-15H2,1-2H3/t18-,24+,25+,26+/m1/s1. The number of ketones is 1. The molecule has 0 unspecified atom stereocenters. The van der Waals surface area contributed by atoms with Gasteiger partial charge < -0.3 is 14.6 Å². The van der Waals surface area contributed by atoms with Crippen LogP contribution in [0.15, 0.2) is 48.6 Å². The summed E-state index contributed by atoms with van der Waals surface area (Å²) in [6.07, 6.45) is 4.01. The fourth-order valence-corrected chi connectivity index (χ4v) is 6.22. The van der Waals surface area contributed by atoms with Gasteiger partial charge in [-0.3, -0.25) is 4.79 Å². The zero-order valence-corrected chi connectivity index (χ0v) is 21.9. The molecule has 2 aliphatic rings. The third-order valence-corrected chi connectivity index (χ3v) is 9.09. The van der Waals surface area contributed by atoms with Crippen LogP contribution in [0.4, 0.5) is 0 Å². The fourth-order valence-electron chi connectivity index (χ4n) is 5.21. The number of carbonyl (C=O) groups excluding carboxylic acids is 1. The molecular weight excluding hydrogens is 518 g/mol. The lowest BCUT2D eigenvalue weighted by atomic mass is 9.62. The molecule has 34 heavy (non-hydrogen) atoms. The van der Waals surface area contributed by atoms with Crippen LogP contribution in [0.5, 0.6) is 0 Å². The van der Waals surface area contributed by atoms with Gasteiger partial charge in [0.2, 0.25) is 0 Å². The fraction of sp³-hybridized carbons (Fsp3) is 0.423. The number of ether oxygens (including phenoxy) is 2. The maximum absolute atomic E-state index is 13.6. The second kappa shape index (κ2) is 9.74. The van der Waals surface area contributed by atoms with Crippen molar-refractivity contribution in [2.45, 2.75) is 39.1 Å². The molecule has 1 N–H and O–H groups in total. The van der Waals surface area contributed by atoms with Gasteiger partial charge in [-0.1, -0.05) is 77.6 Å². The highest BCUT2D eigenvalue weighted by atomic mass is 35.5. The van der Waals surface area contributed by atoms with E-state index in [1.165, 1.54) is 0 Å². The Morgan fingerprint density at radius 1 is 0.882 bits per heavy atom. The normalized spacial score (nSPS) is 30.2. The minimum atomic E-state index is -1.28. The summed E-state index contributed by atoms with van der Waals surface area (Å²) in [5.74, 6) is -0.696. The largest absolute Gasteiger partial charge is 0.388 e. The molecule has 0 radical (unpaired) electrons. The van der Waals surface area contributed by atoms with E-state index in [9.17, 15) is 9.90 Å². The zero-order valence-electron chi connectivity index (χ0n) is 18.9. The van der Waals surface area contributed by atoms with E-state index < -0.39 is 22.3 Å². The Morgan fingerprint density at radius 3 is 1.85 bits per heavy atom. The van der Waals surface area contributed by atoms with Gasteiger partial charge >= 0.3 is 0 Å². The van der Waals surface area contributed by atoms with Crippen molar-refractivity contribution in [2.24, 2.45) is 16.7 Å². The number of hydrogen-bond donors (Lipinski definition) is 1. The maximum Gasteiger partial charge on any atom is 0.151 e. The van der Waals surface area contributed by atoms with E-state index in [1.807, 2.05) is 19.9 Å². The third-order valence-electron chi connectivity index (χ3n) is 7.67. The Labute approximate surface area is 219 Å². The van der Waals surface area contributed by atoms with Gasteiger partial charge in [0, 0.05) is 36.6 Å². The number of aliphatic hydroxyl groups is 1. The van der Waals surface area contributed by atoms with E-state index in [0.29, 0.717) is 37.6 Å². The Hall–Kier alpha value is -1.11. The number of fused-ring (bicyclic) bond motifs is 1. The Morgan fingerprint density at radius 2 is 1.35 bits per heavy atom. The summed E-state index contributed by atoms with van der Waals surface area (Å²) in [7, 11) is 0. The molecule has 0 aromatic heterocycles. The van der Waals surface area contributed by atoms with E-state index in [2.05, 4.69) is 0 Å². The molecule has 2 aromatic carbocycles. The number of benzene rings is 2. The molecule has 8 heteroatoms. The van der Waals surface area contributed by atoms with Crippen LogP contribution in [0.1, 0.15) is 31.4 Å². The highest BCUT2D eigenvalue weighted by Gasteiger charge is 2.72. The lowest BCUT2D eigenvalue weighted by Gasteiger charge is -2.46. The van der Waals surface area contributed by atoms with Crippen molar-refractivity contribution < 1.29 is 19.4 Å². The Balaban J connectivity index is 1.56. The summed E-state index contributed by atoms with van der Waals surface area (Å²) in [5.41, 5.74) is -1.92. The minimum absolute atomic E-state index is 0.0733. The first-order chi connectivity index (χ1) is 16.0. The summed E-state index contributed by atoms with van der Waals surface area (Å²) in [4.78, 5) is 13.6. The highest BCUT2D eigenvalue weighted by Crippen LogP contribution is 2.62. The molecule has 0 spiro atoms. The SMILES string of the molecule is C[C@]1(COCc2c(Cl)cccc2Cl)[C@@](C)(COCc2c(Cl)cccc2Cl)C(=O)[C@H]2C=CC[C@]21O. The second-order valence-corrected chi connectivity index (χ2v) is 11.1. The molecular formula is C26H26Cl4O4. The predicted octanol–water partition coefficient (Wildman–Crippen LogP) is 6.94. The second-order valence-electron chi connectivity index (χ2n) is 9.45. The van der Waals surface area contributed by atoms with Crippen molar-refractivity contribution in [3.63, 3.8) is 0 Å². The van der Waals surface area contributed by atoms with Crippen molar-refractivity contribution in [3.05, 3.63) is 79.8 Å². The minimum Gasteiger partial charge on any atom is -0.388 e. The molecule has 0 aliphatic heterocycles. The van der Waals surface area contributed by atoms with Gasteiger partial charge in [-0.25, -0.2) is 0 Å². The number of hydrogen-bond acceptors (Lipinski definition) is 4. The zero-order chi connectivity index (χ0) is 24.7. The maximum atomic E-state index is 13.6. The van der Waals surface area contributed by atoms with E-state index in [4.69, 9.17) is 55.9 Å².